The first-order chi connectivity index (χ1) is 12.4. The van der Waals surface area contributed by atoms with Crippen molar-refractivity contribution in [3.63, 3.8) is 0 Å². The van der Waals surface area contributed by atoms with Gasteiger partial charge in [0.05, 0.1) is 6.61 Å². The largest absolute Gasteiger partial charge is 0.465 e. The van der Waals surface area contributed by atoms with Crippen LogP contribution in [0.4, 0.5) is 11.4 Å². The predicted molar refractivity (Wildman–Crippen MR) is 104 cm³/mol. The van der Waals surface area contributed by atoms with E-state index in [2.05, 4.69) is 5.32 Å². The van der Waals surface area contributed by atoms with Gasteiger partial charge in [0.15, 0.2) is 0 Å². The lowest BCUT2D eigenvalue weighted by atomic mass is 9.98. The summed E-state index contributed by atoms with van der Waals surface area (Å²) in [4.78, 5) is 27.1. The van der Waals surface area contributed by atoms with Crippen LogP contribution in [0.5, 0.6) is 0 Å². The number of nitrogens with zero attached hydrogens (tertiary/aromatic N) is 1. The van der Waals surface area contributed by atoms with Crippen LogP contribution in [-0.2, 0) is 20.7 Å². The molecule has 0 radical (unpaired) electrons. The molecule has 0 bridgehead atoms. The Morgan fingerprint density at radius 1 is 1.12 bits per heavy atom. The Morgan fingerprint density at radius 2 is 1.81 bits per heavy atom. The van der Waals surface area contributed by atoms with Crippen molar-refractivity contribution in [2.45, 2.75) is 20.3 Å². The van der Waals surface area contributed by atoms with Gasteiger partial charge in [0.25, 0.3) is 0 Å². The maximum atomic E-state index is 12.8. The van der Waals surface area contributed by atoms with Gasteiger partial charge in [0.2, 0.25) is 5.91 Å². The van der Waals surface area contributed by atoms with E-state index in [1.165, 1.54) is 0 Å². The standard InChI is InChI=1S/C21H26N2O3/c1-5-26-21(25)18(13-16-9-7-6-8-10-16)20(24)22-19-14-17(23(3)4)12-11-15(19)2/h6-12,14,18H,5,13H2,1-4H3,(H,22,24)/t18-/m0/s1. The van der Waals surface area contributed by atoms with Crippen LogP contribution in [-0.4, -0.2) is 32.6 Å². The third-order valence-electron chi connectivity index (χ3n) is 4.17. The number of carbonyl (C=O) groups is 2. The van der Waals surface area contributed by atoms with E-state index in [4.69, 9.17) is 4.74 Å². The topological polar surface area (TPSA) is 58.6 Å². The molecule has 5 heteroatoms. The van der Waals surface area contributed by atoms with Crippen LogP contribution in [0.25, 0.3) is 0 Å². The molecule has 138 valence electrons. The van der Waals surface area contributed by atoms with Crippen molar-refractivity contribution in [2.24, 2.45) is 5.92 Å². The van der Waals surface area contributed by atoms with E-state index >= 15 is 0 Å². The molecule has 0 aliphatic heterocycles. The number of aryl methyl sites for hydroxylation is 1. The average molecular weight is 354 g/mol. The van der Waals surface area contributed by atoms with Gasteiger partial charge in [0, 0.05) is 25.5 Å². The number of hydrogen-bond acceptors (Lipinski definition) is 4. The van der Waals surface area contributed by atoms with Crippen molar-refractivity contribution in [3.8, 4) is 0 Å². The molecule has 26 heavy (non-hydrogen) atoms. The van der Waals surface area contributed by atoms with Crippen molar-refractivity contribution in [2.75, 3.05) is 30.9 Å². The maximum Gasteiger partial charge on any atom is 0.318 e. The number of esters is 1. The number of anilines is 2. The van der Waals surface area contributed by atoms with Crippen LogP contribution in [0.2, 0.25) is 0 Å². The van der Waals surface area contributed by atoms with Crippen LogP contribution < -0.4 is 10.2 Å². The van der Waals surface area contributed by atoms with Gasteiger partial charge >= 0.3 is 5.97 Å². The number of amides is 1. The van der Waals surface area contributed by atoms with Crippen molar-refractivity contribution < 1.29 is 14.3 Å². The average Bonchev–Trinajstić information content (AvgIpc) is 2.62. The first-order valence-electron chi connectivity index (χ1n) is 8.71. The van der Waals surface area contributed by atoms with Crippen LogP contribution in [0, 0.1) is 12.8 Å². The minimum Gasteiger partial charge on any atom is -0.465 e. The number of benzene rings is 2. The zero-order valence-corrected chi connectivity index (χ0v) is 15.8. The molecule has 2 aromatic rings. The van der Waals surface area contributed by atoms with Crippen LogP contribution in [0.15, 0.2) is 48.5 Å². The number of ether oxygens (including phenoxy) is 1. The number of rotatable bonds is 7. The number of nitrogens with one attached hydrogen (secondary N) is 1. The molecule has 0 aliphatic carbocycles. The van der Waals surface area contributed by atoms with Gasteiger partial charge in [-0.3, -0.25) is 9.59 Å². The molecule has 2 rings (SSSR count). The molecule has 1 N–H and O–H groups in total. The van der Waals surface area contributed by atoms with Crippen LogP contribution in [0.1, 0.15) is 18.1 Å². The van der Waals surface area contributed by atoms with Crippen LogP contribution in [0.3, 0.4) is 0 Å². The molecule has 0 heterocycles. The molecule has 0 fully saturated rings. The zero-order chi connectivity index (χ0) is 19.1. The number of carbonyl (C=O) groups excluding carboxylic acids is 2. The Hall–Kier alpha value is -2.82. The highest BCUT2D eigenvalue weighted by Crippen LogP contribution is 2.23. The molecule has 0 saturated carbocycles. The highest BCUT2D eigenvalue weighted by atomic mass is 16.5. The van der Waals surface area contributed by atoms with E-state index in [9.17, 15) is 9.59 Å². The lowest BCUT2D eigenvalue weighted by molar-refractivity contribution is -0.150. The second kappa shape index (κ2) is 9.04. The van der Waals surface area contributed by atoms with Gasteiger partial charge in [0.1, 0.15) is 5.92 Å². The number of hydrogen-bond donors (Lipinski definition) is 1. The Labute approximate surface area is 155 Å². The van der Waals surface area contributed by atoms with Gasteiger partial charge in [-0.05, 0) is 43.5 Å². The predicted octanol–water partition coefficient (Wildman–Crippen LogP) is 3.42. The first kappa shape index (κ1) is 19.5. The van der Waals surface area contributed by atoms with Crippen molar-refractivity contribution in [3.05, 3.63) is 59.7 Å². The third kappa shape index (κ3) is 5.09. The summed E-state index contributed by atoms with van der Waals surface area (Å²) in [5, 5.41) is 2.90. The van der Waals surface area contributed by atoms with E-state index in [-0.39, 0.29) is 12.5 Å². The summed E-state index contributed by atoms with van der Waals surface area (Å²) >= 11 is 0. The molecule has 2 aromatic carbocycles. The summed E-state index contributed by atoms with van der Waals surface area (Å²) in [5.41, 5.74) is 3.52. The molecule has 0 saturated heterocycles. The minimum atomic E-state index is -0.889. The van der Waals surface area contributed by atoms with Crippen molar-refractivity contribution in [1.29, 1.82) is 0 Å². The van der Waals surface area contributed by atoms with E-state index in [1.54, 1.807) is 6.92 Å². The fraction of sp³-hybridized carbons (Fsp3) is 0.333. The molecular formula is C21H26N2O3. The highest BCUT2D eigenvalue weighted by Gasteiger charge is 2.28. The molecule has 5 nitrogen and oxygen atoms in total. The van der Waals surface area contributed by atoms with E-state index in [0.717, 1.165) is 16.8 Å². The summed E-state index contributed by atoms with van der Waals surface area (Å²) < 4.78 is 5.12. The summed E-state index contributed by atoms with van der Waals surface area (Å²) in [6, 6.07) is 15.3. The van der Waals surface area contributed by atoms with E-state index in [1.807, 2.05) is 74.4 Å². The Kier molecular flexibility index (Phi) is 6.78. The van der Waals surface area contributed by atoms with E-state index in [0.29, 0.717) is 12.1 Å². The molecule has 0 aliphatic rings. The highest BCUT2D eigenvalue weighted by molar-refractivity contribution is 6.05. The molecule has 0 unspecified atom stereocenters. The summed E-state index contributed by atoms with van der Waals surface area (Å²) in [5.74, 6) is -1.75. The molecule has 0 spiro atoms. The molecule has 0 aromatic heterocycles. The van der Waals surface area contributed by atoms with Gasteiger partial charge in [-0.15, -0.1) is 0 Å². The first-order valence-corrected chi connectivity index (χ1v) is 8.71. The van der Waals surface area contributed by atoms with Crippen molar-refractivity contribution >= 4 is 23.3 Å². The summed E-state index contributed by atoms with van der Waals surface area (Å²) in [7, 11) is 3.88. The Bertz CT molecular complexity index is 757. The summed E-state index contributed by atoms with van der Waals surface area (Å²) in [6.45, 7) is 3.90. The quantitative estimate of drug-likeness (QED) is 0.611. The lowest BCUT2D eigenvalue weighted by Crippen LogP contribution is -2.33. The maximum absolute atomic E-state index is 12.8. The van der Waals surface area contributed by atoms with Gasteiger partial charge in [-0.25, -0.2) is 0 Å². The smallest absolute Gasteiger partial charge is 0.318 e. The fourth-order valence-electron chi connectivity index (χ4n) is 2.62. The van der Waals surface area contributed by atoms with Gasteiger partial charge in [-0.1, -0.05) is 36.4 Å². The SMILES string of the molecule is CCOC(=O)[C@@H](Cc1ccccc1)C(=O)Nc1cc(N(C)C)ccc1C. The lowest BCUT2D eigenvalue weighted by Gasteiger charge is -2.19. The molecule has 1 amide bonds. The van der Waals surface area contributed by atoms with E-state index < -0.39 is 11.9 Å². The fourth-order valence-corrected chi connectivity index (χ4v) is 2.62. The third-order valence-corrected chi connectivity index (χ3v) is 4.17. The summed E-state index contributed by atoms with van der Waals surface area (Å²) in [6.07, 6.45) is 0.303. The normalized spacial score (nSPS) is 11.5. The zero-order valence-electron chi connectivity index (χ0n) is 15.8. The second-order valence-electron chi connectivity index (χ2n) is 6.38. The van der Waals surface area contributed by atoms with Crippen molar-refractivity contribution in [1.82, 2.24) is 0 Å². The molecule has 1 atom stereocenters. The second-order valence-corrected chi connectivity index (χ2v) is 6.38. The van der Waals surface area contributed by atoms with Gasteiger partial charge in [-0.2, -0.15) is 0 Å². The minimum absolute atomic E-state index is 0.243. The Morgan fingerprint density at radius 3 is 2.42 bits per heavy atom. The van der Waals surface area contributed by atoms with Crippen LogP contribution >= 0.6 is 0 Å². The Balaban J connectivity index is 2.23. The monoisotopic (exact) mass is 354 g/mol. The molecular weight excluding hydrogens is 328 g/mol. The van der Waals surface area contributed by atoms with Gasteiger partial charge < -0.3 is 15.0 Å².